The van der Waals surface area contributed by atoms with Gasteiger partial charge in [-0.15, -0.1) is 11.3 Å². The smallest absolute Gasteiger partial charge is 0.326 e. The van der Waals surface area contributed by atoms with E-state index in [1.807, 2.05) is 13.8 Å². The Morgan fingerprint density at radius 1 is 1.35 bits per heavy atom. The summed E-state index contributed by atoms with van der Waals surface area (Å²) in [5.74, 6) is -1.46. The van der Waals surface area contributed by atoms with Crippen molar-refractivity contribution in [3.05, 3.63) is 21.4 Å². The molecule has 0 radical (unpaired) electrons. The maximum absolute atomic E-state index is 11.9. The Labute approximate surface area is 105 Å². The van der Waals surface area contributed by atoms with Crippen LogP contribution in [0.2, 0.25) is 0 Å². The molecule has 0 saturated heterocycles. The van der Waals surface area contributed by atoms with E-state index in [0.29, 0.717) is 5.56 Å². The highest BCUT2D eigenvalue weighted by molar-refractivity contribution is 7.10. The lowest BCUT2D eigenvalue weighted by Crippen LogP contribution is -2.44. The van der Waals surface area contributed by atoms with E-state index in [-0.39, 0.29) is 11.8 Å². The van der Waals surface area contributed by atoms with Gasteiger partial charge in [0.2, 0.25) is 0 Å². The minimum atomic E-state index is -1.00. The minimum Gasteiger partial charge on any atom is -0.480 e. The van der Waals surface area contributed by atoms with Crippen LogP contribution in [0, 0.1) is 19.8 Å². The monoisotopic (exact) mass is 255 g/mol. The van der Waals surface area contributed by atoms with Crippen LogP contribution in [0.25, 0.3) is 0 Å². The Kier molecular flexibility index (Phi) is 4.28. The predicted molar refractivity (Wildman–Crippen MR) is 67.5 cm³/mol. The normalized spacial score (nSPS) is 12.5. The summed E-state index contributed by atoms with van der Waals surface area (Å²) >= 11 is 1.49. The zero-order chi connectivity index (χ0) is 13.2. The molecule has 1 aromatic rings. The number of aliphatic carboxylic acids is 1. The lowest BCUT2D eigenvalue weighted by molar-refractivity contribution is -0.140. The van der Waals surface area contributed by atoms with Crippen molar-refractivity contribution in [2.24, 2.45) is 5.92 Å². The van der Waals surface area contributed by atoms with Gasteiger partial charge in [-0.1, -0.05) is 13.8 Å². The maximum Gasteiger partial charge on any atom is 0.326 e. The number of carboxylic acids is 1. The van der Waals surface area contributed by atoms with E-state index < -0.39 is 12.0 Å². The summed E-state index contributed by atoms with van der Waals surface area (Å²) in [5, 5.41) is 13.3. The standard InChI is InChI=1S/C12H17NO3S/c1-6(2)10(12(15)16)13-11(14)9-5-17-8(4)7(9)3/h5-6,10H,1-4H3,(H,13,14)(H,15,16). The quantitative estimate of drug-likeness (QED) is 0.866. The third kappa shape index (κ3) is 3.06. The van der Waals surface area contributed by atoms with Crippen LogP contribution in [0.15, 0.2) is 5.38 Å². The van der Waals surface area contributed by atoms with Crippen LogP contribution >= 0.6 is 11.3 Å². The van der Waals surface area contributed by atoms with E-state index in [1.54, 1.807) is 19.2 Å². The number of nitrogens with one attached hydrogen (secondary N) is 1. The summed E-state index contributed by atoms with van der Waals surface area (Å²) < 4.78 is 0. The van der Waals surface area contributed by atoms with Gasteiger partial charge in [0.05, 0.1) is 5.56 Å². The van der Waals surface area contributed by atoms with E-state index in [1.165, 1.54) is 11.3 Å². The fourth-order valence-electron chi connectivity index (χ4n) is 1.47. The van der Waals surface area contributed by atoms with Crippen molar-refractivity contribution in [1.82, 2.24) is 5.32 Å². The number of rotatable bonds is 4. The van der Waals surface area contributed by atoms with Gasteiger partial charge in [-0.25, -0.2) is 4.79 Å². The van der Waals surface area contributed by atoms with Gasteiger partial charge in [0.15, 0.2) is 0 Å². The van der Waals surface area contributed by atoms with Crippen molar-refractivity contribution in [2.75, 3.05) is 0 Å². The molecule has 0 aliphatic rings. The van der Waals surface area contributed by atoms with E-state index in [2.05, 4.69) is 5.32 Å². The topological polar surface area (TPSA) is 66.4 Å². The second-order valence-corrected chi connectivity index (χ2v) is 5.45. The van der Waals surface area contributed by atoms with Crippen molar-refractivity contribution in [3.63, 3.8) is 0 Å². The molecule has 4 nitrogen and oxygen atoms in total. The van der Waals surface area contributed by atoms with Crippen molar-refractivity contribution in [2.45, 2.75) is 33.7 Å². The molecule has 5 heteroatoms. The molecule has 1 unspecified atom stereocenters. The van der Waals surface area contributed by atoms with Gasteiger partial charge in [0, 0.05) is 10.3 Å². The summed E-state index contributed by atoms with van der Waals surface area (Å²) in [6, 6.07) is -0.845. The number of thiophene rings is 1. The third-order valence-electron chi connectivity index (χ3n) is 2.75. The van der Waals surface area contributed by atoms with Gasteiger partial charge in [-0.3, -0.25) is 4.79 Å². The van der Waals surface area contributed by atoms with Crippen LogP contribution in [-0.2, 0) is 4.79 Å². The SMILES string of the molecule is Cc1scc(C(=O)NC(C(=O)O)C(C)C)c1C. The van der Waals surface area contributed by atoms with E-state index >= 15 is 0 Å². The molecule has 0 bridgehead atoms. The van der Waals surface area contributed by atoms with Gasteiger partial charge in [0.25, 0.3) is 5.91 Å². The Morgan fingerprint density at radius 3 is 2.29 bits per heavy atom. The molecule has 1 rings (SSSR count). The highest BCUT2D eigenvalue weighted by atomic mass is 32.1. The average molecular weight is 255 g/mol. The molecule has 0 aromatic carbocycles. The Bertz CT molecular complexity index is 437. The highest BCUT2D eigenvalue weighted by Gasteiger charge is 2.25. The summed E-state index contributed by atoms with van der Waals surface area (Å²) in [4.78, 5) is 24.0. The van der Waals surface area contributed by atoms with Crippen molar-refractivity contribution in [1.29, 1.82) is 0 Å². The first-order chi connectivity index (χ1) is 7.84. The van der Waals surface area contributed by atoms with Crippen molar-refractivity contribution >= 4 is 23.2 Å². The molecule has 1 aromatic heterocycles. The summed E-state index contributed by atoms with van der Waals surface area (Å²) in [7, 11) is 0. The number of hydrogen-bond donors (Lipinski definition) is 2. The van der Waals surface area contributed by atoms with Gasteiger partial charge < -0.3 is 10.4 Å². The van der Waals surface area contributed by atoms with Crippen LogP contribution in [-0.4, -0.2) is 23.0 Å². The Balaban J connectivity index is 2.85. The highest BCUT2D eigenvalue weighted by Crippen LogP contribution is 2.20. The molecular weight excluding hydrogens is 238 g/mol. The molecule has 2 N–H and O–H groups in total. The Morgan fingerprint density at radius 2 is 1.94 bits per heavy atom. The number of carbonyl (C=O) groups excluding carboxylic acids is 1. The summed E-state index contributed by atoms with van der Waals surface area (Å²) in [6.07, 6.45) is 0. The minimum absolute atomic E-state index is 0.142. The van der Waals surface area contributed by atoms with Crippen LogP contribution in [0.1, 0.15) is 34.6 Å². The second-order valence-electron chi connectivity index (χ2n) is 4.36. The van der Waals surface area contributed by atoms with Crippen LogP contribution < -0.4 is 5.32 Å². The summed E-state index contributed by atoms with van der Waals surface area (Å²) in [5.41, 5.74) is 1.49. The van der Waals surface area contributed by atoms with Crippen LogP contribution in [0.4, 0.5) is 0 Å². The maximum atomic E-state index is 11.9. The molecule has 0 aliphatic heterocycles. The van der Waals surface area contributed by atoms with Crippen molar-refractivity contribution < 1.29 is 14.7 Å². The Hall–Kier alpha value is -1.36. The van der Waals surface area contributed by atoms with E-state index in [9.17, 15) is 9.59 Å². The molecule has 0 fully saturated rings. The molecule has 1 atom stereocenters. The lowest BCUT2D eigenvalue weighted by Gasteiger charge is -2.17. The molecule has 1 amide bonds. The zero-order valence-electron chi connectivity index (χ0n) is 10.4. The van der Waals surface area contributed by atoms with Gasteiger partial charge >= 0.3 is 5.97 Å². The lowest BCUT2D eigenvalue weighted by atomic mass is 10.0. The van der Waals surface area contributed by atoms with E-state index in [4.69, 9.17) is 5.11 Å². The number of carbonyl (C=O) groups is 2. The van der Waals surface area contributed by atoms with Gasteiger partial charge in [-0.05, 0) is 25.3 Å². The molecule has 0 spiro atoms. The molecule has 0 saturated carbocycles. The largest absolute Gasteiger partial charge is 0.480 e. The van der Waals surface area contributed by atoms with Crippen molar-refractivity contribution in [3.8, 4) is 0 Å². The molecule has 1 heterocycles. The number of aryl methyl sites for hydroxylation is 1. The third-order valence-corrected chi connectivity index (χ3v) is 3.76. The first-order valence-corrected chi connectivity index (χ1v) is 6.31. The van der Waals surface area contributed by atoms with Crippen LogP contribution in [0.5, 0.6) is 0 Å². The fourth-order valence-corrected chi connectivity index (χ4v) is 2.34. The number of carboxylic acid groups (broad SMARTS) is 1. The van der Waals surface area contributed by atoms with Gasteiger partial charge in [-0.2, -0.15) is 0 Å². The van der Waals surface area contributed by atoms with Gasteiger partial charge in [0.1, 0.15) is 6.04 Å². The second kappa shape index (κ2) is 5.31. The summed E-state index contributed by atoms with van der Waals surface area (Å²) in [6.45, 7) is 7.34. The first kappa shape index (κ1) is 13.7. The fraction of sp³-hybridized carbons (Fsp3) is 0.500. The predicted octanol–water partition coefficient (Wildman–Crippen LogP) is 2.20. The number of hydrogen-bond acceptors (Lipinski definition) is 3. The number of amides is 1. The molecule has 0 aliphatic carbocycles. The first-order valence-electron chi connectivity index (χ1n) is 5.43. The van der Waals surface area contributed by atoms with E-state index in [0.717, 1.165) is 10.4 Å². The molecular formula is C12H17NO3S. The molecule has 94 valence electrons. The van der Waals surface area contributed by atoms with Crippen LogP contribution in [0.3, 0.4) is 0 Å². The zero-order valence-corrected chi connectivity index (χ0v) is 11.2. The average Bonchev–Trinajstić information content (AvgIpc) is 2.55. The molecule has 17 heavy (non-hydrogen) atoms.